The molecule has 2 unspecified atom stereocenters. The molecular formula is C17H17N3O3. The Kier molecular flexibility index (Phi) is 3.11. The highest BCUT2D eigenvalue weighted by Crippen LogP contribution is 2.53. The Morgan fingerprint density at radius 2 is 2.22 bits per heavy atom. The van der Waals surface area contributed by atoms with Gasteiger partial charge in [-0.2, -0.15) is 0 Å². The van der Waals surface area contributed by atoms with Crippen LogP contribution in [0.25, 0.3) is 0 Å². The largest absolute Gasteiger partial charge is 0.465 e. The Hall–Kier alpha value is -2.76. The van der Waals surface area contributed by atoms with Crippen LogP contribution in [0.1, 0.15) is 35.6 Å². The first-order valence-electron chi connectivity index (χ1n) is 7.63. The van der Waals surface area contributed by atoms with Gasteiger partial charge in [0.25, 0.3) is 0 Å². The molecule has 6 heteroatoms. The number of aliphatic imine (C=N–C) groups is 1. The third kappa shape index (κ3) is 2.18. The SMILES string of the molecule is O=C(O)NC1(c2ccccc2)CCC1c1cc2c(o1)NCN=C2. The number of nitrogens with zero attached hydrogens (tertiary/aromatic N) is 1. The summed E-state index contributed by atoms with van der Waals surface area (Å²) in [5.74, 6) is 1.47. The van der Waals surface area contributed by atoms with Crippen molar-refractivity contribution >= 4 is 18.2 Å². The van der Waals surface area contributed by atoms with Gasteiger partial charge >= 0.3 is 6.09 Å². The molecule has 1 aliphatic heterocycles. The molecule has 2 aliphatic rings. The molecule has 1 aromatic heterocycles. The van der Waals surface area contributed by atoms with Crippen LogP contribution in [0, 0.1) is 0 Å². The zero-order chi connectivity index (χ0) is 15.9. The van der Waals surface area contributed by atoms with E-state index < -0.39 is 11.6 Å². The van der Waals surface area contributed by atoms with Crippen molar-refractivity contribution in [1.29, 1.82) is 0 Å². The minimum absolute atomic E-state index is 0.0261. The lowest BCUT2D eigenvalue weighted by atomic mass is 9.62. The number of rotatable bonds is 3. The zero-order valence-corrected chi connectivity index (χ0v) is 12.5. The average molecular weight is 311 g/mol. The topological polar surface area (TPSA) is 86.9 Å². The minimum atomic E-state index is -1.02. The number of benzene rings is 1. The van der Waals surface area contributed by atoms with E-state index in [-0.39, 0.29) is 5.92 Å². The van der Waals surface area contributed by atoms with Gasteiger partial charge in [-0.05, 0) is 24.5 Å². The lowest BCUT2D eigenvalue weighted by molar-refractivity contribution is 0.110. The van der Waals surface area contributed by atoms with Crippen molar-refractivity contribution < 1.29 is 14.3 Å². The highest BCUT2D eigenvalue weighted by molar-refractivity contribution is 5.87. The molecular weight excluding hydrogens is 294 g/mol. The third-order valence-electron chi connectivity index (χ3n) is 4.73. The Labute approximate surface area is 133 Å². The van der Waals surface area contributed by atoms with Gasteiger partial charge in [0.15, 0.2) is 0 Å². The highest BCUT2D eigenvalue weighted by Gasteiger charge is 2.51. The van der Waals surface area contributed by atoms with Crippen molar-refractivity contribution in [3.8, 4) is 0 Å². The van der Waals surface area contributed by atoms with Crippen molar-refractivity contribution in [3.63, 3.8) is 0 Å². The number of hydrogen-bond acceptors (Lipinski definition) is 4. The van der Waals surface area contributed by atoms with Gasteiger partial charge in [0.05, 0.1) is 11.1 Å². The van der Waals surface area contributed by atoms with E-state index in [1.165, 1.54) is 0 Å². The van der Waals surface area contributed by atoms with Gasteiger partial charge in [-0.3, -0.25) is 4.99 Å². The van der Waals surface area contributed by atoms with E-state index in [4.69, 9.17) is 4.42 Å². The monoisotopic (exact) mass is 311 g/mol. The van der Waals surface area contributed by atoms with E-state index in [1.54, 1.807) is 6.21 Å². The van der Waals surface area contributed by atoms with Crippen LogP contribution in [0.2, 0.25) is 0 Å². The Balaban J connectivity index is 1.74. The number of carboxylic acid groups (broad SMARTS) is 1. The lowest BCUT2D eigenvalue weighted by Crippen LogP contribution is -2.55. The van der Waals surface area contributed by atoms with Crippen LogP contribution in [-0.4, -0.2) is 24.1 Å². The summed E-state index contributed by atoms with van der Waals surface area (Å²) in [6, 6.07) is 11.7. The van der Waals surface area contributed by atoms with Crippen LogP contribution < -0.4 is 10.6 Å². The minimum Gasteiger partial charge on any atom is -0.465 e. The molecule has 1 aliphatic carbocycles. The zero-order valence-electron chi connectivity index (χ0n) is 12.5. The summed E-state index contributed by atoms with van der Waals surface area (Å²) >= 11 is 0. The van der Waals surface area contributed by atoms with Gasteiger partial charge in [-0.15, -0.1) is 0 Å². The summed E-state index contributed by atoms with van der Waals surface area (Å²) in [5.41, 5.74) is 1.25. The normalized spacial score (nSPS) is 25.1. The molecule has 4 rings (SSSR count). The third-order valence-corrected chi connectivity index (χ3v) is 4.73. The Morgan fingerprint density at radius 3 is 2.87 bits per heavy atom. The van der Waals surface area contributed by atoms with Crippen LogP contribution in [0.5, 0.6) is 0 Å². The molecule has 1 saturated carbocycles. The van der Waals surface area contributed by atoms with E-state index in [9.17, 15) is 9.90 Å². The molecule has 6 nitrogen and oxygen atoms in total. The Bertz CT molecular complexity index is 769. The second kappa shape index (κ2) is 5.15. The number of fused-ring (bicyclic) bond motifs is 1. The van der Waals surface area contributed by atoms with Crippen LogP contribution in [0.15, 0.2) is 45.8 Å². The Morgan fingerprint density at radius 1 is 1.39 bits per heavy atom. The first kappa shape index (κ1) is 13.9. The predicted molar refractivity (Wildman–Crippen MR) is 86.0 cm³/mol. The standard InChI is InChI=1S/C17H17N3O3/c21-16(22)20-17(12-4-2-1-3-5-12)7-6-13(17)14-8-11-9-18-10-19-15(11)23-14/h1-5,8-9,13,19-20H,6-7,10H2,(H,21,22). The van der Waals surface area contributed by atoms with Gasteiger partial charge < -0.3 is 20.2 Å². The molecule has 1 fully saturated rings. The first-order chi connectivity index (χ1) is 11.2. The van der Waals surface area contributed by atoms with E-state index in [2.05, 4.69) is 15.6 Å². The van der Waals surface area contributed by atoms with Crippen molar-refractivity contribution in [1.82, 2.24) is 5.32 Å². The fourth-order valence-electron chi connectivity index (χ4n) is 3.55. The summed E-state index contributed by atoms with van der Waals surface area (Å²) in [5, 5.41) is 15.2. The number of nitrogens with one attached hydrogen (secondary N) is 2. The summed E-state index contributed by atoms with van der Waals surface area (Å²) in [6.07, 6.45) is 2.39. The first-order valence-corrected chi connectivity index (χ1v) is 7.63. The maximum Gasteiger partial charge on any atom is 0.405 e. The summed E-state index contributed by atoms with van der Waals surface area (Å²) in [7, 11) is 0. The molecule has 23 heavy (non-hydrogen) atoms. The van der Waals surface area contributed by atoms with Crippen LogP contribution >= 0.6 is 0 Å². The van der Waals surface area contributed by atoms with Crippen LogP contribution in [-0.2, 0) is 5.54 Å². The molecule has 3 N–H and O–H groups in total. The summed E-state index contributed by atoms with van der Waals surface area (Å²) in [4.78, 5) is 15.5. The number of carbonyl (C=O) groups is 1. The molecule has 0 bridgehead atoms. The van der Waals surface area contributed by atoms with E-state index in [1.807, 2.05) is 36.4 Å². The van der Waals surface area contributed by atoms with Crippen LogP contribution in [0.3, 0.4) is 0 Å². The fraction of sp³-hybridized carbons (Fsp3) is 0.294. The maximum atomic E-state index is 11.4. The predicted octanol–water partition coefficient (Wildman–Crippen LogP) is 3.12. The van der Waals surface area contributed by atoms with E-state index in [0.717, 1.165) is 29.7 Å². The number of furan rings is 1. The van der Waals surface area contributed by atoms with Gasteiger partial charge in [-0.25, -0.2) is 4.79 Å². The summed E-state index contributed by atoms with van der Waals surface area (Å²) < 4.78 is 5.93. The smallest absolute Gasteiger partial charge is 0.405 e. The van der Waals surface area contributed by atoms with Gasteiger partial charge in [0, 0.05) is 12.1 Å². The van der Waals surface area contributed by atoms with Crippen molar-refractivity contribution in [2.24, 2.45) is 4.99 Å². The molecule has 0 saturated heterocycles. The molecule has 0 radical (unpaired) electrons. The summed E-state index contributed by atoms with van der Waals surface area (Å²) in [6.45, 7) is 0.502. The molecule has 1 aromatic carbocycles. The molecule has 0 spiro atoms. The van der Waals surface area contributed by atoms with E-state index >= 15 is 0 Å². The second-order valence-corrected chi connectivity index (χ2v) is 5.94. The molecule has 1 amide bonds. The van der Waals surface area contributed by atoms with Crippen molar-refractivity contribution in [2.45, 2.75) is 24.3 Å². The number of hydrogen-bond donors (Lipinski definition) is 3. The maximum absolute atomic E-state index is 11.4. The van der Waals surface area contributed by atoms with Crippen LogP contribution in [0.4, 0.5) is 10.7 Å². The fourth-order valence-corrected chi connectivity index (χ4v) is 3.55. The van der Waals surface area contributed by atoms with Crippen molar-refractivity contribution in [3.05, 3.63) is 53.3 Å². The number of anilines is 1. The molecule has 118 valence electrons. The molecule has 2 aromatic rings. The highest BCUT2D eigenvalue weighted by atomic mass is 16.4. The quantitative estimate of drug-likeness (QED) is 0.813. The van der Waals surface area contributed by atoms with Crippen molar-refractivity contribution in [2.75, 3.05) is 12.0 Å². The van der Waals surface area contributed by atoms with Gasteiger partial charge in [0.2, 0.25) is 5.88 Å². The second-order valence-electron chi connectivity index (χ2n) is 5.94. The molecule has 2 heterocycles. The van der Waals surface area contributed by atoms with E-state index in [0.29, 0.717) is 12.6 Å². The number of amides is 1. The van der Waals surface area contributed by atoms with Gasteiger partial charge in [-0.1, -0.05) is 30.3 Å². The van der Waals surface area contributed by atoms with Gasteiger partial charge in [0.1, 0.15) is 12.4 Å². The lowest BCUT2D eigenvalue weighted by Gasteiger charge is -2.48. The molecule has 2 atom stereocenters. The average Bonchev–Trinajstić information content (AvgIpc) is 2.95.